The van der Waals surface area contributed by atoms with E-state index in [0.29, 0.717) is 29.7 Å². The number of methoxy groups -OCH3 is 1. The lowest BCUT2D eigenvalue weighted by atomic mass is 9.71. The molecule has 1 fully saturated rings. The number of ether oxygens (including phenoxy) is 1. The number of rotatable bonds is 2. The summed E-state index contributed by atoms with van der Waals surface area (Å²) in [5.74, 6) is -0.247. The van der Waals surface area contributed by atoms with Gasteiger partial charge in [0.2, 0.25) is 0 Å². The first-order valence-electron chi connectivity index (χ1n) is 11.4. The number of aromatic hydroxyl groups is 4. The average molecular weight is 467 g/mol. The first kappa shape index (κ1) is 22.6. The van der Waals surface area contributed by atoms with Gasteiger partial charge in [-0.2, -0.15) is 5.26 Å². The van der Waals surface area contributed by atoms with E-state index in [0.717, 1.165) is 16.7 Å². The smallest absolute Gasteiger partial charge is 0.164 e. The predicted molar refractivity (Wildman–Crippen MR) is 124 cm³/mol. The minimum Gasteiger partial charge on any atom is -0.507 e. The molecule has 9 nitrogen and oxygen atoms in total. The summed E-state index contributed by atoms with van der Waals surface area (Å²) in [5, 5.41) is 53.8. The van der Waals surface area contributed by atoms with Crippen LogP contribution in [0.15, 0.2) is 6.07 Å². The molecule has 3 heterocycles. The van der Waals surface area contributed by atoms with Gasteiger partial charge in [-0.25, -0.2) is 0 Å². The van der Waals surface area contributed by atoms with Crippen molar-refractivity contribution in [2.75, 3.05) is 20.7 Å². The maximum Gasteiger partial charge on any atom is 0.164 e. The lowest BCUT2D eigenvalue weighted by Gasteiger charge is -2.59. The van der Waals surface area contributed by atoms with Crippen molar-refractivity contribution < 1.29 is 25.2 Å². The molecule has 34 heavy (non-hydrogen) atoms. The van der Waals surface area contributed by atoms with Gasteiger partial charge in [-0.1, -0.05) is 6.07 Å². The third kappa shape index (κ3) is 2.70. The maximum absolute atomic E-state index is 11.3. The zero-order chi connectivity index (χ0) is 24.6. The van der Waals surface area contributed by atoms with Crippen LogP contribution in [0.2, 0.25) is 0 Å². The lowest BCUT2D eigenvalue weighted by molar-refractivity contribution is -0.0711. The Kier molecular flexibility index (Phi) is 5.09. The fraction of sp³-hybridized carbons (Fsp3) is 0.480. The Morgan fingerprint density at radius 1 is 1.06 bits per heavy atom. The number of phenols is 4. The largest absolute Gasteiger partial charge is 0.507 e. The first-order chi connectivity index (χ1) is 16.2. The maximum atomic E-state index is 11.3. The molecule has 0 aliphatic carbocycles. The summed E-state index contributed by atoms with van der Waals surface area (Å²) in [6.07, 6.45) is 0.865. The fourth-order valence-electron chi connectivity index (χ4n) is 6.64. The molecule has 180 valence electrons. The molecule has 5 atom stereocenters. The Bertz CT molecular complexity index is 1240. The zero-order valence-electron chi connectivity index (χ0n) is 19.7. The highest BCUT2D eigenvalue weighted by Gasteiger charge is 2.56. The summed E-state index contributed by atoms with van der Waals surface area (Å²) in [6.45, 7) is 3.51. The number of nitriles is 1. The van der Waals surface area contributed by atoms with Crippen LogP contribution in [-0.4, -0.2) is 69.1 Å². The molecule has 2 bridgehead atoms. The summed E-state index contributed by atoms with van der Waals surface area (Å²) < 4.78 is 5.50. The van der Waals surface area contributed by atoms with E-state index in [1.807, 2.05) is 24.9 Å². The van der Waals surface area contributed by atoms with Gasteiger partial charge >= 0.3 is 0 Å². The second-order valence-electron chi connectivity index (χ2n) is 9.64. The third-order valence-corrected chi connectivity index (χ3v) is 8.15. The number of likely N-dealkylation sites (N-methyl/N-ethyl adjacent to an activating group) is 1. The first-order valence-corrected chi connectivity index (χ1v) is 11.4. The van der Waals surface area contributed by atoms with Crippen LogP contribution in [-0.2, 0) is 12.8 Å². The number of hydrogen-bond acceptors (Lipinski definition) is 9. The van der Waals surface area contributed by atoms with Gasteiger partial charge in [0.25, 0.3) is 0 Å². The Labute approximate surface area is 198 Å². The predicted octanol–water partition coefficient (Wildman–Crippen LogP) is 1.86. The van der Waals surface area contributed by atoms with Crippen LogP contribution < -0.4 is 10.5 Å². The zero-order valence-corrected chi connectivity index (χ0v) is 19.7. The van der Waals surface area contributed by atoms with Crippen LogP contribution in [0, 0.1) is 25.2 Å². The van der Waals surface area contributed by atoms with Crippen LogP contribution in [0.4, 0.5) is 0 Å². The average Bonchev–Trinajstić information content (AvgIpc) is 2.81. The molecule has 3 aliphatic rings. The number of fused-ring (bicyclic) bond motifs is 7. The molecule has 0 radical (unpaired) electrons. The van der Waals surface area contributed by atoms with Crippen molar-refractivity contribution in [1.82, 2.24) is 9.80 Å². The molecule has 0 aromatic heterocycles. The van der Waals surface area contributed by atoms with E-state index in [2.05, 4.69) is 11.0 Å². The summed E-state index contributed by atoms with van der Waals surface area (Å²) >= 11 is 0. The second kappa shape index (κ2) is 7.67. The van der Waals surface area contributed by atoms with Gasteiger partial charge in [-0.15, -0.1) is 0 Å². The number of phenolic OH excluding ortho intramolecular Hbond substituents is 4. The molecule has 3 aliphatic heterocycles. The minimum atomic E-state index is -0.592. The van der Waals surface area contributed by atoms with E-state index in [1.165, 1.54) is 7.11 Å². The number of hydrogen-bond donors (Lipinski definition) is 5. The van der Waals surface area contributed by atoms with Crippen LogP contribution in [0.5, 0.6) is 28.7 Å². The number of nitrogens with zero attached hydrogens (tertiary/aromatic N) is 3. The Morgan fingerprint density at radius 2 is 1.76 bits per heavy atom. The molecule has 2 aromatic carbocycles. The van der Waals surface area contributed by atoms with Crippen molar-refractivity contribution in [1.29, 1.82) is 5.26 Å². The van der Waals surface area contributed by atoms with Crippen LogP contribution >= 0.6 is 0 Å². The van der Waals surface area contributed by atoms with E-state index >= 15 is 0 Å². The molecule has 0 amide bonds. The van der Waals surface area contributed by atoms with Crippen molar-refractivity contribution in [3.8, 4) is 34.8 Å². The van der Waals surface area contributed by atoms with Crippen LogP contribution in [0.1, 0.15) is 45.5 Å². The summed E-state index contributed by atoms with van der Waals surface area (Å²) in [4.78, 5) is 4.15. The molecule has 6 N–H and O–H groups in total. The van der Waals surface area contributed by atoms with Crippen LogP contribution in [0.3, 0.4) is 0 Å². The van der Waals surface area contributed by atoms with Crippen molar-refractivity contribution in [2.45, 2.75) is 56.9 Å². The Morgan fingerprint density at radius 3 is 2.38 bits per heavy atom. The molecular formula is C25H30N4O5. The summed E-state index contributed by atoms with van der Waals surface area (Å²) in [5.41, 5.74) is 9.86. The van der Waals surface area contributed by atoms with Crippen molar-refractivity contribution in [2.24, 2.45) is 5.73 Å². The fourth-order valence-corrected chi connectivity index (χ4v) is 6.64. The number of piperazine rings is 1. The van der Waals surface area contributed by atoms with Gasteiger partial charge in [0.15, 0.2) is 23.0 Å². The minimum absolute atomic E-state index is 0.0798. The van der Waals surface area contributed by atoms with Crippen molar-refractivity contribution in [3.05, 3.63) is 39.4 Å². The highest BCUT2D eigenvalue weighted by atomic mass is 16.5. The van der Waals surface area contributed by atoms with Gasteiger partial charge in [0.05, 0.1) is 25.3 Å². The van der Waals surface area contributed by atoms with Crippen LogP contribution in [0.25, 0.3) is 0 Å². The molecule has 0 saturated carbocycles. The standard InChI is InChI=1S/C25H30N4O5/c1-10-5-12-6-14-16(8-26)29-15(20(28(14)3)18(12)24(33)25(10)34-4)7-13-19(17(29)9-27)23(32)22(31)11(2)21(13)30/h5,14-17,20,30-33H,6-7,9,27H2,1-4H3/t14-,15+,16+,17+,20+/m1/s1. The van der Waals surface area contributed by atoms with Gasteiger partial charge in [0.1, 0.15) is 11.8 Å². The quantitative estimate of drug-likeness (QED) is 0.330. The molecule has 0 spiro atoms. The van der Waals surface area contributed by atoms with E-state index in [-0.39, 0.29) is 53.2 Å². The summed E-state index contributed by atoms with van der Waals surface area (Å²) in [6, 6.07) is 2.55. The van der Waals surface area contributed by atoms with Crippen molar-refractivity contribution in [3.63, 3.8) is 0 Å². The molecule has 5 rings (SSSR count). The topological polar surface area (TPSA) is 146 Å². The number of benzene rings is 2. The van der Waals surface area contributed by atoms with E-state index in [4.69, 9.17) is 10.5 Å². The summed E-state index contributed by atoms with van der Waals surface area (Å²) in [7, 11) is 3.48. The Balaban J connectivity index is 1.79. The van der Waals surface area contributed by atoms with Crippen molar-refractivity contribution >= 4 is 0 Å². The monoisotopic (exact) mass is 466 g/mol. The molecular weight excluding hydrogens is 436 g/mol. The Hall–Kier alpha value is -3.19. The van der Waals surface area contributed by atoms with E-state index in [1.54, 1.807) is 6.92 Å². The normalized spacial score (nSPS) is 27.9. The highest BCUT2D eigenvalue weighted by molar-refractivity contribution is 5.64. The second-order valence-corrected chi connectivity index (χ2v) is 9.64. The van der Waals surface area contributed by atoms with E-state index < -0.39 is 12.1 Å². The SMILES string of the molecule is COc1c(C)cc2c(c1O)[C@@H]1[C@@H]3Cc4c(O)c(C)c(O)c(O)c4[C@H](CN)N3[C@@H](C#N)[C@@H](C2)N1C. The lowest BCUT2D eigenvalue weighted by Crippen LogP contribution is -2.68. The third-order valence-electron chi connectivity index (χ3n) is 8.15. The molecule has 2 aromatic rings. The van der Waals surface area contributed by atoms with Gasteiger partial charge < -0.3 is 30.9 Å². The molecule has 9 heteroatoms. The van der Waals surface area contributed by atoms with Gasteiger partial charge in [-0.05, 0) is 44.9 Å². The highest BCUT2D eigenvalue weighted by Crippen LogP contribution is 2.56. The molecule has 1 saturated heterocycles. The van der Waals surface area contributed by atoms with Gasteiger partial charge in [-0.3, -0.25) is 9.80 Å². The van der Waals surface area contributed by atoms with E-state index in [9.17, 15) is 25.7 Å². The molecule has 0 unspecified atom stereocenters. The number of nitrogens with two attached hydrogens (primary N) is 1. The number of aryl methyl sites for hydroxylation is 1. The van der Waals surface area contributed by atoms with Gasteiger partial charge in [0, 0.05) is 40.9 Å².